The molecule has 3 rings (SSSR count). The minimum Gasteiger partial charge on any atom is -0.492 e. The molecular formula is C17H15NO3. The van der Waals surface area contributed by atoms with Gasteiger partial charge in [0.15, 0.2) is 0 Å². The van der Waals surface area contributed by atoms with Gasteiger partial charge < -0.3 is 10.1 Å². The summed E-state index contributed by atoms with van der Waals surface area (Å²) in [6, 6.07) is 14.6. The Hall–Kier alpha value is -2.62. The van der Waals surface area contributed by atoms with Crippen molar-refractivity contribution in [2.45, 2.75) is 6.42 Å². The van der Waals surface area contributed by atoms with E-state index >= 15 is 0 Å². The van der Waals surface area contributed by atoms with Gasteiger partial charge in [-0.2, -0.15) is 0 Å². The highest BCUT2D eigenvalue weighted by atomic mass is 16.5. The minimum absolute atomic E-state index is 0.0663. The van der Waals surface area contributed by atoms with E-state index in [-0.39, 0.29) is 11.8 Å². The van der Waals surface area contributed by atoms with Gasteiger partial charge in [0.2, 0.25) is 5.91 Å². The first-order valence-corrected chi connectivity index (χ1v) is 6.83. The van der Waals surface area contributed by atoms with Crippen LogP contribution in [0.25, 0.3) is 0 Å². The van der Waals surface area contributed by atoms with Crippen molar-refractivity contribution in [2.24, 2.45) is 5.92 Å². The average molecular weight is 281 g/mol. The number of aldehydes is 1. The largest absolute Gasteiger partial charge is 0.492 e. The number of carbonyl (C=O) groups excluding carboxylic acids is 2. The van der Waals surface area contributed by atoms with Gasteiger partial charge in [-0.25, -0.2) is 0 Å². The number of hydrogen-bond acceptors (Lipinski definition) is 3. The van der Waals surface area contributed by atoms with Gasteiger partial charge in [-0.05, 0) is 42.3 Å². The number of amides is 1. The minimum atomic E-state index is -0.203. The zero-order valence-corrected chi connectivity index (χ0v) is 11.4. The first kappa shape index (κ1) is 13.4. The number of hydrogen-bond donors (Lipinski definition) is 1. The molecule has 0 fully saturated rings. The lowest BCUT2D eigenvalue weighted by Gasteiger charge is -2.24. The van der Waals surface area contributed by atoms with Crippen molar-refractivity contribution in [3.05, 3.63) is 59.7 Å². The van der Waals surface area contributed by atoms with Gasteiger partial charge in [-0.15, -0.1) is 0 Å². The van der Waals surface area contributed by atoms with E-state index in [0.29, 0.717) is 24.3 Å². The van der Waals surface area contributed by atoms with Crippen LogP contribution < -0.4 is 10.1 Å². The summed E-state index contributed by atoms with van der Waals surface area (Å²) in [6.07, 6.45) is 1.45. The molecule has 1 N–H and O–H groups in total. The molecule has 0 spiro atoms. The third-order valence-corrected chi connectivity index (χ3v) is 3.56. The highest BCUT2D eigenvalue weighted by Gasteiger charge is 2.25. The fraction of sp³-hybridized carbons (Fsp3) is 0.176. The Morgan fingerprint density at radius 3 is 2.67 bits per heavy atom. The van der Waals surface area contributed by atoms with Crippen molar-refractivity contribution in [3.63, 3.8) is 0 Å². The number of benzene rings is 2. The van der Waals surface area contributed by atoms with Crippen molar-refractivity contribution in [1.29, 1.82) is 0 Å². The number of nitrogens with one attached hydrogen (secondary N) is 1. The second-order valence-corrected chi connectivity index (χ2v) is 5.05. The van der Waals surface area contributed by atoms with Crippen LogP contribution in [0.3, 0.4) is 0 Å². The molecule has 4 heteroatoms. The fourth-order valence-corrected chi connectivity index (χ4v) is 2.39. The summed E-state index contributed by atoms with van der Waals surface area (Å²) in [4.78, 5) is 22.9. The molecule has 1 amide bonds. The van der Waals surface area contributed by atoms with Crippen LogP contribution in [0.15, 0.2) is 48.5 Å². The molecule has 1 aliphatic rings. The average Bonchev–Trinajstić information content (AvgIpc) is 2.55. The number of rotatable bonds is 3. The van der Waals surface area contributed by atoms with E-state index in [1.54, 1.807) is 24.3 Å². The molecule has 0 aliphatic carbocycles. The topological polar surface area (TPSA) is 55.4 Å². The summed E-state index contributed by atoms with van der Waals surface area (Å²) >= 11 is 0. The third-order valence-electron chi connectivity index (χ3n) is 3.56. The predicted octanol–water partition coefficient (Wildman–Crippen LogP) is 2.69. The molecular weight excluding hydrogens is 266 g/mol. The van der Waals surface area contributed by atoms with Crippen LogP contribution in [0.2, 0.25) is 0 Å². The van der Waals surface area contributed by atoms with Crippen molar-refractivity contribution in [1.82, 2.24) is 0 Å². The maximum absolute atomic E-state index is 12.3. The highest BCUT2D eigenvalue weighted by Crippen LogP contribution is 2.27. The molecule has 0 saturated carbocycles. The zero-order valence-electron chi connectivity index (χ0n) is 11.4. The van der Waals surface area contributed by atoms with Crippen molar-refractivity contribution < 1.29 is 14.3 Å². The van der Waals surface area contributed by atoms with E-state index in [0.717, 1.165) is 17.6 Å². The highest BCUT2D eigenvalue weighted by molar-refractivity contribution is 5.93. The third kappa shape index (κ3) is 2.94. The van der Waals surface area contributed by atoms with E-state index in [4.69, 9.17) is 4.74 Å². The molecule has 4 nitrogen and oxygen atoms in total. The molecule has 1 atom stereocenters. The SMILES string of the molecule is O=Cc1ccc(NC(=O)C2COc3ccccc3C2)cc1. The smallest absolute Gasteiger partial charge is 0.231 e. The van der Waals surface area contributed by atoms with Gasteiger partial charge in [0.25, 0.3) is 0 Å². The maximum Gasteiger partial charge on any atom is 0.231 e. The van der Waals surface area contributed by atoms with Crippen LogP contribution in [0.4, 0.5) is 5.69 Å². The van der Waals surface area contributed by atoms with Crippen molar-refractivity contribution in [2.75, 3.05) is 11.9 Å². The number of anilines is 1. The Balaban J connectivity index is 1.67. The van der Waals surface area contributed by atoms with E-state index in [2.05, 4.69) is 5.32 Å². The Morgan fingerprint density at radius 1 is 1.14 bits per heavy atom. The molecule has 2 aromatic rings. The van der Waals surface area contributed by atoms with Crippen LogP contribution in [-0.4, -0.2) is 18.8 Å². The van der Waals surface area contributed by atoms with Crippen LogP contribution in [0.1, 0.15) is 15.9 Å². The van der Waals surface area contributed by atoms with Gasteiger partial charge in [-0.3, -0.25) is 9.59 Å². The van der Waals surface area contributed by atoms with E-state index < -0.39 is 0 Å². The molecule has 1 heterocycles. The number of fused-ring (bicyclic) bond motifs is 1. The van der Waals surface area contributed by atoms with Crippen LogP contribution in [0, 0.1) is 5.92 Å². The summed E-state index contributed by atoms with van der Waals surface area (Å²) in [7, 11) is 0. The normalized spacial score (nSPS) is 16.5. The number of ether oxygens (including phenoxy) is 1. The van der Waals surface area contributed by atoms with Gasteiger partial charge in [-0.1, -0.05) is 18.2 Å². The van der Waals surface area contributed by atoms with Gasteiger partial charge in [0, 0.05) is 11.3 Å². The first-order valence-electron chi connectivity index (χ1n) is 6.83. The van der Waals surface area contributed by atoms with Gasteiger partial charge >= 0.3 is 0 Å². The monoisotopic (exact) mass is 281 g/mol. The second kappa shape index (κ2) is 5.79. The molecule has 1 aliphatic heterocycles. The fourth-order valence-electron chi connectivity index (χ4n) is 2.39. The Bertz CT molecular complexity index is 664. The molecule has 1 unspecified atom stereocenters. The van der Waals surface area contributed by atoms with Crippen LogP contribution in [-0.2, 0) is 11.2 Å². The zero-order chi connectivity index (χ0) is 14.7. The van der Waals surface area contributed by atoms with E-state index in [1.807, 2.05) is 24.3 Å². The lowest BCUT2D eigenvalue weighted by molar-refractivity contribution is -0.121. The molecule has 0 radical (unpaired) electrons. The lowest BCUT2D eigenvalue weighted by Crippen LogP contribution is -2.32. The Morgan fingerprint density at radius 2 is 1.90 bits per heavy atom. The molecule has 0 aromatic heterocycles. The number of para-hydroxylation sites is 1. The molecule has 0 saturated heterocycles. The van der Waals surface area contributed by atoms with Gasteiger partial charge in [0.1, 0.15) is 18.6 Å². The first-order chi connectivity index (χ1) is 10.3. The number of carbonyl (C=O) groups is 2. The molecule has 106 valence electrons. The Kier molecular flexibility index (Phi) is 3.69. The molecule has 0 bridgehead atoms. The van der Waals surface area contributed by atoms with Crippen molar-refractivity contribution >= 4 is 17.9 Å². The maximum atomic E-state index is 12.3. The predicted molar refractivity (Wildman–Crippen MR) is 79.6 cm³/mol. The standard InChI is InChI=1S/C17H15NO3/c19-10-12-5-7-15(8-6-12)18-17(20)14-9-13-3-1-2-4-16(13)21-11-14/h1-8,10,14H,9,11H2,(H,18,20). The van der Waals surface area contributed by atoms with E-state index in [1.165, 1.54) is 0 Å². The second-order valence-electron chi connectivity index (χ2n) is 5.05. The summed E-state index contributed by atoms with van der Waals surface area (Å²) in [5.41, 5.74) is 2.33. The van der Waals surface area contributed by atoms with Crippen molar-refractivity contribution in [3.8, 4) is 5.75 Å². The Labute approximate surface area is 122 Å². The van der Waals surface area contributed by atoms with Crippen LogP contribution >= 0.6 is 0 Å². The quantitative estimate of drug-likeness (QED) is 0.880. The summed E-state index contributed by atoms with van der Waals surface area (Å²) in [5.74, 6) is 0.589. The van der Waals surface area contributed by atoms with E-state index in [9.17, 15) is 9.59 Å². The lowest BCUT2D eigenvalue weighted by atomic mass is 9.96. The van der Waals surface area contributed by atoms with Crippen LogP contribution in [0.5, 0.6) is 5.75 Å². The summed E-state index contributed by atoms with van der Waals surface area (Å²) < 4.78 is 5.62. The summed E-state index contributed by atoms with van der Waals surface area (Å²) in [5, 5.41) is 2.86. The van der Waals surface area contributed by atoms with Gasteiger partial charge in [0.05, 0.1) is 5.92 Å². The molecule has 21 heavy (non-hydrogen) atoms. The molecule has 2 aromatic carbocycles. The summed E-state index contributed by atoms with van der Waals surface area (Å²) in [6.45, 7) is 0.384.